The molecule has 0 bridgehead atoms. The van der Waals surface area contributed by atoms with Crippen molar-refractivity contribution in [2.75, 3.05) is 0 Å². The highest BCUT2D eigenvalue weighted by atomic mass is 14.5. The summed E-state index contributed by atoms with van der Waals surface area (Å²) in [5.74, 6) is 0. The fourth-order valence-corrected chi connectivity index (χ4v) is 12.6. The van der Waals surface area contributed by atoms with Crippen molar-refractivity contribution in [1.29, 1.82) is 0 Å². The summed E-state index contributed by atoms with van der Waals surface area (Å²) in [6, 6.07) is 69.2. The molecule has 0 saturated carbocycles. The van der Waals surface area contributed by atoms with Crippen molar-refractivity contribution < 1.29 is 0 Å². The minimum Gasteiger partial charge on any atom is -0.0619 e. The van der Waals surface area contributed by atoms with E-state index in [1.807, 2.05) is 0 Å². The van der Waals surface area contributed by atoms with Gasteiger partial charge in [0.2, 0.25) is 0 Å². The standard InChI is InChI=1S/C63H48/c1-61(2)54-33-28-38(39-26-29-43-51-32-31-50-42-19-13-14-25-53(42)62(3,4)59(50)60(51)63(5,6)56(43)35-39)34-52(54)44-30-27-40(36-55(44)61)57-46-20-9-11-22-48(46)58(49-23-12-10-21-47(49)57)45-24-15-17-37-16-7-8-18-41(37)45/h7-36H,1-6H3. The van der Waals surface area contributed by atoms with Gasteiger partial charge in [-0.05, 0) is 151 Å². The summed E-state index contributed by atoms with van der Waals surface area (Å²) in [5, 5.41) is 7.69. The van der Waals surface area contributed by atoms with Gasteiger partial charge in [-0.1, -0.05) is 205 Å². The molecule has 0 heterocycles. The third kappa shape index (κ3) is 4.82. The van der Waals surface area contributed by atoms with Crippen LogP contribution in [0.3, 0.4) is 0 Å². The molecule has 0 unspecified atom stereocenters. The van der Waals surface area contributed by atoms with Gasteiger partial charge in [-0.15, -0.1) is 0 Å². The lowest BCUT2D eigenvalue weighted by Crippen LogP contribution is -2.24. The SMILES string of the molecule is CC1(C)c2ccc(-c3ccc4c(c3)C(C)(C)c3c-4ccc4c3C(C)(C)c3ccccc3-4)cc2-c2ccc(-c3c4ccccc4c(-c4cccc5ccccc45)c4ccccc34)cc21. The first-order valence-corrected chi connectivity index (χ1v) is 22.7. The highest BCUT2D eigenvalue weighted by Crippen LogP contribution is 2.60. The molecule has 0 nitrogen and oxygen atoms in total. The Morgan fingerprint density at radius 3 is 1.38 bits per heavy atom. The first-order chi connectivity index (χ1) is 30.5. The quantitative estimate of drug-likeness (QED) is 0.156. The molecule has 63 heavy (non-hydrogen) atoms. The van der Waals surface area contributed by atoms with Crippen LogP contribution in [0, 0.1) is 0 Å². The van der Waals surface area contributed by atoms with Gasteiger partial charge in [-0.3, -0.25) is 0 Å². The Kier molecular flexibility index (Phi) is 7.29. The summed E-state index contributed by atoms with van der Waals surface area (Å²) in [4.78, 5) is 0. The lowest BCUT2D eigenvalue weighted by molar-refractivity contribution is 0.601. The van der Waals surface area contributed by atoms with Crippen LogP contribution in [0.1, 0.15) is 74.9 Å². The van der Waals surface area contributed by atoms with Gasteiger partial charge < -0.3 is 0 Å². The largest absolute Gasteiger partial charge is 0.0619 e. The molecule has 3 aliphatic carbocycles. The lowest BCUT2D eigenvalue weighted by atomic mass is 9.72. The van der Waals surface area contributed by atoms with Crippen LogP contribution in [0.2, 0.25) is 0 Å². The summed E-state index contributed by atoms with van der Waals surface area (Å²) >= 11 is 0. The zero-order chi connectivity index (χ0) is 42.6. The van der Waals surface area contributed by atoms with Crippen LogP contribution in [0.5, 0.6) is 0 Å². The summed E-state index contributed by atoms with van der Waals surface area (Å²) in [5.41, 5.74) is 24.3. The van der Waals surface area contributed by atoms with Gasteiger partial charge in [-0.25, -0.2) is 0 Å². The summed E-state index contributed by atoms with van der Waals surface area (Å²) in [6.45, 7) is 14.6. The number of benzene rings is 10. The van der Waals surface area contributed by atoms with Gasteiger partial charge >= 0.3 is 0 Å². The number of hydrogen-bond donors (Lipinski definition) is 0. The maximum Gasteiger partial charge on any atom is 0.0162 e. The molecule has 300 valence electrons. The van der Waals surface area contributed by atoms with Crippen LogP contribution >= 0.6 is 0 Å². The van der Waals surface area contributed by atoms with E-state index in [1.54, 1.807) is 0 Å². The molecule has 13 rings (SSSR count). The Labute approximate surface area is 370 Å². The number of fused-ring (bicyclic) bond motifs is 13. The van der Waals surface area contributed by atoms with Crippen molar-refractivity contribution in [1.82, 2.24) is 0 Å². The average molecular weight is 805 g/mol. The fourth-order valence-electron chi connectivity index (χ4n) is 12.6. The Balaban J connectivity index is 0.929. The summed E-state index contributed by atoms with van der Waals surface area (Å²) in [7, 11) is 0. The molecule has 0 fully saturated rings. The van der Waals surface area contributed by atoms with E-state index < -0.39 is 0 Å². The third-order valence-corrected chi connectivity index (χ3v) is 15.6. The van der Waals surface area contributed by atoms with Crippen LogP contribution in [-0.4, -0.2) is 0 Å². The predicted octanol–water partition coefficient (Wildman–Crippen LogP) is 17.1. The minimum atomic E-state index is -0.153. The zero-order valence-electron chi connectivity index (χ0n) is 36.8. The van der Waals surface area contributed by atoms with Crippen molar-refractivity contribution in [3.05, 3.63) is 215 Å². The molecule has 0 radical (unpaired) electrons. The second kappa shape index (κ2) is 12.6. The highest BCUT2D eigenvalue weighted by molar-refractivity contribution is 6.23. The molecule has 10 aromatic carbocycles. The lowest BCUT2D eigenvalue weighted by Gasteiger charge is -2.30. The zero-order valence-corrected chi connectivity index (χ0v) is 36.8. The van der Waals surface area contributed by atoms with Gasteiger partial charge in [0.1, 0.15) is 0 Å². The van der Waals surface area contributed by atoms with E-state index >= 15 is 0 Å². The van der Waals surface area contributed by atoms with Crippen molar-refractivity contribution in [2.45, 2.75) is 57.8 Å². The molecular weight excluding hydrogens is 757 g/mol. The second-order valence-corrected chi connectivity index (χ2v) is 20.0. The molecule has 0 amide bonds. The Morgan fingerprint density at radius 1 is 0.254 bits per heavy atom. The van der Waals surface area contributed by atoms with Crippen LogP contribution in [0.4, 0.5) is 0 Å². The molecular formula is C63H48. The van der Waals surface area contributed by atoms with Gasteiger partial charge in [-0.2, -0.15) is 0 Å². The van der Waals surface area contributed by atoms with Gasteiger partial charge in [0.15, 0.2) is 0 Å². The van der Waals surface area contributed by atoms with Crippen molar-refractivity contribution in [3.63, 3.8) is 0 Å². The molecule has 3 aliphatic rings. The van der Waals surface area contributed by atoms with Gasteiger partial charge in [0.05, 0.1) is 0 Å². The van der Waals surface area contributed by atoms with Crippen LogP contribution < -0.4 is 0 Å². The van der Waals surface area contributed by atoms with E-state index in [0.29, 0.717) is 0 Å². The molecule has 0 atom stereocenters. The molecule has 0 saturated heterocycles. The normalized spacial score (nSPS) is 15.5. The topological polar surface area (TPSA) is 0 Å². The number of rotatable bonds is 3. The van der Waals surface area contributed by atoms with Crippen LogP contribution in [0.25, 0.3) is 99.1 Å². The summed E-state index contributed by atoms with van der Waals surface area (Å²) < 4.78 is 0. The first kappa shape index (κ1) is 36.6. The Bertz CT molecular complexity index is 3580. The van der Waals surface area contributed by atoms with E-state index in [0.717, 1.165) is 0 Å². The van der Waals surface area contributed by atoms with Gasteiger partial charge in [0.25, 0.3) is 0 Å². The average Bonchev–Trinajstić information content (AvgIpc) is 3.79. The van der Waals surface area contributed by atoms with Gasteiger partial charge in [0, 0.05) is 16.2 Å². The molecule has 10 aromatic rings. The van der Waals surface area contributed by atoms with E-state index in [1.165, 1.54) is 132 Å². The first-order valence-electron chi connectivity index (χ1n) is 22.7. The molecule has 0 spiro atoms. The van der Waals surface area contributed by atoms with E-state index in [9.17, 15) is 0 Å². The second-order valence-electron chi connectivity index (χ2n) is 20.0. The Hall–Kier alpha value is -7.02. The fraction of sp³-hybridized carbons (Fsp3) is 0.143. The highest BCUT2D eigenvalue weighted by Gasteiger charge is 2.46. The van der Waals surface area contributed by atoms with Crippen molar-refractivity contribution >= 4 is 32.3 Å². The maximum atomic E-state index is 2.51. The van der Waals surface area contributed by atoms with Crippen LogP contribution in [-0.2, 0) is 16.2 Å². The van der Waals surface area contributed by atoms with Crippen molar-refractivity contribution in [3.8, 4) is 66.8 Å². The maximum absolute atomic E-state index is 2.51. The van der Waals surface area contributed by atoms with E-state index in [2.05, 4.69) is 224 Å². The molecule has 0 aliphatic heterocycles. The minimum absolute atomic E-state index is 0.0550. The third-order valence-electron chi connectivity index (χ3n) is 15.6. The smallest absolute Gasteiger partial charge is 0.0162 e. The van der Waals surface area contributed by atoms with Crippen LogP contribution in [0.15, 0.2) is 182 Å². The molecule has 0 aromatic heterocycles. The predicted molar refractivity (Wildman–Crippen MR) is 268 cm³/mol. The summed E-state index contributed by atoms with van der Waals surface area (Å²) in [6.07, 6.45) is 0. The molecule has 0 heteroatoms. The van der Waals surface area contributed by atoms with Crippen molar-refractivity contribution in [2.24, 2.45) is 0 Å². The molecule has 0 N–H and O–H groups in total. The van der Waals surface area contributed by atoms with E-state index in [-0.39, 0.29) is 16.2 Å². The Morgan fingerprint density at radius 2 is 0.683 bits per heavy atom. The monoisotopic (exact) mass is 804 g/mol. The number of hydrogen-bond acceptors (Lipinski definition) is 0. The van der Waals surface area contributed by atoms with E-state index in [4.69, 9.17) is 0 Å².